The van der Waals surface area contributed by atoms with Gasteiger partial charge in [-0.1, -0.05) is 22.9 Å². The van der Waals surface area contributed by atoms with Gasteiger partial charge in [0.25, 0.3) is 0 Å². The first-order chi connectivity index (χ1) is 10.3. The molecule has 1 saturated heterocycles. The molecule has 0 spiro atoms. The van der Waals surface area contributed by atoms with E-state index in [-0.39, 0.29) is 11.7 Å². The maximum absolute atomic E-state index is 12.5. The fraction of sp³-hybridized carbons (Fsp3) is 0.533. The molecule has 1 aromatic rings. The molecule has 22 heavy (non-hydrogen) atoms. The molecule has 0 bridgehead atoms. The highest BCUT2D eigenvalue weighted by molar-refractivity contribution is 9.10. The number of aryl methyl sites for hydroxylation is 1. The Bertz CT molecular complexity index is 661. The Morgan fingerprint density at radius 2 is 2.18 bits per heavy atom. The van der Waals surface area contributed by atoms with Crippen LogP contribution in [0.4, 0.5) is 5.69 Å². The van der Waals surface area contributed by atoms with Crippen molar-refractivity contribution in [3.63, 3.8) is 0 Å². The zero-order valence-corrected chi connectivity index (χ0v) is 15.2. The second-order valence-corrected chi connectivity index (χ2v) is 8.49. The van der Waals surface area contributed by atoms with Gasteiger partial charge < -0.3 is 5.32 Å². The van der Waals surface area contributed by atoms with Gasteiger partial charge in [0.05, 0.1) is 5.75 Å². The van der Waals surface area contributed by atoms with Crippen LogP contribution in [0.3, 0.4) is 0 Å². The predicted molar refractivity (Wildman–Crippen MR) is 91.3 cm³/mol. The van der Waals surface area contributed by atoms with Crippen molar-refractivity contribution in [1.82, 2.24) is 4.31 Å². The number of nitrogens with zero attached hydrogens (tertiary/aromatic N) is 1. The first-order valence-corrected chi connectivity index (χ1v) is 9.82. The van der Waals surface area contributed by atoms with Crippen LogP contribution in [0.2, 0.25) is 0 Å². The molecule has 1 N–H and O–H groups in total. The number of halogens is 1. The molecule has 2 rings (SSSR count). The second-order valence-electron chi connectivity index (χ2n) is 5.53. The minimum atomic E-state index is -3.35. The first-order valence-electron chi connectivity index (χ1n) is 7.41. The lowest BCUT2D eigenvalue weighted by Gasteiger charge is -2.23. The van der Waals surface area contributed by atoms with Gasteiger partial charge in [0.2, 0.25) is 15.9 Å². The van der Waals surface area contributed by atoms with E-state index in [9.17, 15) is 13.2 Å². The molecule has 1 aliphatic heterocycles. The van der Waals surface area contributed by atoms with Crippen molar-refractivity contribution in [1.29, 1.82) is 0 Å². The van der Waals surface area contributed by atoms with Gasteiger partial charge >= 0.3 is 0 Å². The Kier molecular flexibility index (Phi) is 5.63. The van der Waals surface area contributed by atoms with Crippen molar-refractivity contribution in [2.24, 2.45) is 0 Å². The average Bonchev–Trinajstić information content (AvgIpc) is 2.92. The van der Waals surface area contributed by atoms with Crippen molar-refractivity contribution in [3.05, 3.63) is 28.2 Å². The number of rotatable bonds is 5. The number of carbonyl (C=O) groups is 1. The number of anilines is 1. The molecule has 1 fully saturated rings. The maximum atomic E-state index is 12.5. The van der Waals surface area contributed by atoms with Crippen LogP contribution in [0.25, 0.3) is 0 Å². The van der Waals surface area contributed by atoms with E-state index in [1.807, 2.05) is 32.0 Å². The predicted octanol–water partition coefficient (Wildman–Crippen LogP) is 2.90. The summed E-state index contributed by atoms with van der Waals surface area (Å²) in [7, 11) is -3.35. The molecule has 1 aliphatic rings. The summed E-state index contributed by atoms with van der Waals surface area (Å²) < 4.78 is 26.8. The fourth-order valence-corrected chi connectivity index (χ4v) is 4.92. The molecule has 1 aromatic carbocycles. The minimum absolute atomic E-state index is 0.0914. The highest BCUT2D eigenvalue weighted by atomic mass is 79.9. The monoisotopic (exact) mass is 388 g/mol. The van der Waals surface area contributed by atoms with Gasteiger partial charge in [-0.25, -0.2) is 8.42 Å². The molecule has 1 unspecified atom stereocenters. The maximum Gasteiger partial charge on any atom is 0.242 e. The summed E-state index contributed by atoms with van der Waals surface area (Å²) in [6, 6.07) is 4.98. The zero-order valence-electron chi connectivity index (χ0n) is 12.8. The Balaban J connectivity index is 2.14. The lowest BCUT2D eigenvalue weighted by atomic mass is 10.1. The lowest BCUT2D eigenvalue weighted by Crippen LogP contribution is -2.44. The minimum Gasteiger partial charge on any atom is -0.324 e. The Morgan fingerprint density at radius 3 is 2.82 bits per heavy atom. The average molecular weight is 389 g/mol. The number of nitrogens with one attached hydrogen (secondary N) is 1. The molecular formula is C15H21BrN2O3S. The summed E-state index contributed by atoms with van der Waals surface area (Å²) in [5, 5.41) is 2.86. The third kappa shape index (κ3) is 3.88. The van der Waals surface area contributed by atoms with Crippen molar-refractivity contribution >= 4 is 37.5 Å². The summed E-state index contributed by atoms with van der Waals surface area (Å²) in [5.41, 5.74) is 1.65. The molecular weight excluding hydrogens is 368 g/mol. The van der Waals surface area contributed by atoms with E-state index in [2.05, 4.69) is 21.2 Å². The van der Waals surface area contributed by atoms with E-state index in [0.29, 0.717) is 25.1 Å². The Morgan fingerprint density at radius 1 is 1.45 bits per heavy atom. The van der Waals surface area contributed by atoms with Crippen LogP contribution in [0.5, 0.6) is 0 Å². The second kappa shape index (κ2) is 7.10. The Labute approximate surface area is 140 Å². The highest BCUT2D eigenvalue weighted by Gasteiger charge is 2.38. The van der Waals surface area contributed by atoms with Crippen LogP contribution in [0.15, 0.2) is 22.7 Å². The SMILES string of the molecule is CCCS(=O)(=O)N1CCCC1C(=O)Nc1ccc(Br)cc1C. The standard InChI is InChI=1S/C15H21BrN2O3S/c1-3-9-22(20,21)18-8-4-5-14(18)15(19)17-13-7-6-12(16)10-11(13)2/h6-7,10,14H,3-5,8-9H2,1-2H3,(H,17,19). The first kappa shape index (κ1) is 17.4. The van der Waals surface area contributed by atoms with E-state index < -0.39 is 16.1 Å². The summed E-state index contributed by atoms with van der Waals surface area (Å²) in [5.74, 6) is -0.156. The van der Waals surface area contributed by atoms with Gasteiger partial charge in [0.1, 0.15) is 6.04 Å². The van der Waals surface area contributed by atoms with Gasteiger partial charge in [-0.2, -0.15) is 4.31 Å². The fourth-order valence-electron chi connectivity index (χ4n) is 2.69. The molecule has 5 nitrogen and oxygen atoms in total. The van der Waals surface area contributed by atoms with E-state index in [1.54, 1.807) is 0 Å². The smallest absolute Gasteiger partial charge is 0.242 e. The van der Waals surface area contributed by atoms with Crippen LogP contribution >= 0.6 is 15.9 Å². The summed E-state index contributed by atoms with van der Waals surface area (Å²) in [6.07, 6.45) is 1.85. The van der Waals surface area contributed by atoms with Crippen molar-refractivity contribution in [3.8, 4) is 0 Å². The topological polar surface area (TPSA) is 66.5 Å². The van der Waals surface area contributed by atoms with Gasteiger partial charge in [-0.15, -0.1) is 0 Å². The van der Waals surface area contributed by atoms with E-state index >= 15 is 0 Å². The Hall–Kier alpha value is -0.920. The van der Waals surface area contributed by atoms with Crippen LogP contribution in [0.1, 0.15) is 31.7 Å². The summed E-state index contributed by atoms with van der Waals surface area (Å²) >= 11 is 3.38. The summed E-state index contributed by atoms with van der Waals surface area (Å²) in [6.45, 7) is 4.16. The molecule has 0 aliphatic carbocycles. The molecule has 7 heteroatoms. The van der Waals surface area contributed by atoms with E-state index in [4.69, 9.17) is 0 Å². The largest absolute Gasteiger partial charge is 0.324 e. The van der Waals surface area contributed by atoms with Crippen LogP contribution in [-0.2, 0) is 14.8 Å². The van der Waals surface area contributed by atoms with E-state index in [0.717, 1.165) is 16.5 Å². The summed E-state index contributed by atoms with van der Waals surface area (Å²) in [4.78, 5) is 12.5. The molecule has 1 heterocycles. The van der Waals surface area contributed by atoms with Gasteiger partial charge in [-0.05, 0) is 49.9 Å². The van der Waals surface area contributed by atoms with Gasteiger partial charge in [0.15, 0.2) is 0 Å². The molecule has 122 valence electrons. The van der Waals surface area contributed by atoms with E-state index in [1.165, 1.54) is 4.31 Å². The van der Waals surface area contributed by atoms with Crippen molar-refractivity contribution in [2.45, 2.75) is 39.2 Å². The normalized spacial score (nSPS) is 19.3. The van der Waals surface area contributed by atoms with Crippen LogP contribution in [0, 0.1) is 6.92 Å². The number of carbonyl (C=O) groups excluding carboxylic acids is 1. The third-order valence-corrected chi connectivity index (χ3v) is 6.34. The van der Waals surface area contributed by atoms with Crippen molar-refractivity contribution < 1.29 is 13.2 Å². The third-order valence-electron chi connectivity index (χ3n) is 3.77. The van der Waals surface area contributed by atoms with Gasteiger partial charge in [-0.3, -0.25) is 4.79 Å². The number of benzene rings is 1. The lowest BCUT2D eigenvalue weighted by molar-refractivity contribution is -0.119. The highest BCUT2D eigenvalue weighted by Crippen LogP contribution is 2.25. The van der Waals surface area contributed by atoms with Gasteiger partial charge in [0, 0.05) is 16.7 Å². The molecule has 0 aromatic heterocycles. The molecule has 0 saturated carbocycles. The van der Waals surface area contributed by atoms with Crippen LogP contribution in [-0.4, -0.2) is 37.0 Å². The quantitative estimate of drug-likeness (QED) is 0.842. The number of hydrogen-bond acceptors (Lipinski definition) is 3. The van der Waals surface area contributed by atoms with Crippen molar-refractivity contribution in [2.75, 3.05) is 17.6 Å². The number of sulfonamides is 1. The number of amides is 1. The molecule has 0 radical (unpaired) electrons. The number of hydrogen-bond donors (Lipinski definition) is 1. The molecule has 1 amide bonds. The molecule has 1 atom stereocenters. The van der Waals surface area contributed by atoms with Crippen LogP contribution < -0.4 is 5.32 Å². The zero-order chi connectivity index (χ0) is 16.3.